The van der Waals surface area contributed by atoms with E-state index in [9.17, 15) is 4.79 Å². The van der Waals surface area contributed by atoms with Crippen LogP contribution in [0.3, 0.4) is 0 Å². The lowest BCUT2D eigenvalue weighted by atomic mass is 9.95. The van der Waals surface area contributed by atoms with Crippen molar-refractivity contribution in [2.75, 3.05) is 18.5 Å². The molecule has 9 heteroatoms. The van der Waals surface area contributed by atoms with Gasteiger partial charge in [0, 0.05) is 15.7 Å². The molecule has 2 aromatic rings. The van der Waals surface area contributed by atoms with E-state index in [1.807, 2.05) is 39.0 Å². The molecule has 1 aromatic heterocycles. The van der Waals surface area contributed by atoms with Crippen molar-refractivity contribution in [3.63, 3.8) is 0 Å². The summed E-state index contributed by atoms with van der Waals surface area (Å²) in [7, 11) is 0. The summed E-state index contributed by atoms with van der Waals surface area (Å²) in [5.74, 6) is 0.727. The molecule has 1 N–H and O–H groups in total. The number of anilines is 1. The number of hydrogen-bond donors (Lipinski definition) is 1. The molecule has 1 atom stereocenters. The Morgan fingerprint density at radius 3 is 2.92 bits per heavy atom. The fraction of sp³-hybridized carbons (Fsp3) is 0.412. The number of halogens is 1. The Morgan fingerprint density at radius 1 is 1.38 bits per heavy atom. The Balaban J connectivity index is 2.15. The standard InChI is InChI=1S/C17H20BrN5O3/c1-4-8-26-16(24)14-10(3)19-17-20-21-22-23(17)15(14)12-9-11(18)6-7-13(12)25-5-2/h6-7,9,15H,4-5,8H2,1-3H3,(H,19,20,22)/t15-/m0/s1. The van der Waals surface area contributed by atoms with Gasteiger partial charge in [0.15, 0.2) is 0 Å². The Kier molecular flexibility index (Phi) is 5.55. The molecule has 0 fully saturated rings. The van der Waals surface area contributed by atoms with Crippen LogP contribution in [-0.2, 0) is 9.53 Å². The van der Waals surface area contributed by atoms with Crippen LogP contribution in [0.2, 0.25) is 0 Å². The fourth-order valence-corrected chi connectivity index (χ4v) is 3.24. The van der Waals surface area contributed by atoms with Gasteiger partial charge in [-0.05, 0) is 48.9 Å². The number of carbonyl (C=O) groups is 1. The van der Waals surface area contributed by atoms with E-state index >= 15 is 0 Å². The second-order valence-electron chi connectivity index (χ2n) is 5.76. The minimum absolute atomic E-state index is 0.349. The van der Waals surface area contributed by atoms with Crippen molar-refractivity contribution < 1.29 is 14.3 Å². The molecule has 0 bridgehead atoms. The van der Waals surface area contributed by atoms with Crippen LogP contribution in [0.5, 0.6) is 5.75 Å². The van der Waals surface area contributed by atoms with E-state index < -0.39 is 12.0 Å². The summed E-state index contributed by atoms with van der Waals surface area (Å²) in [4.78, 5) is 12.8. The zero-order chi connectivity index (χ0) is 18.7. The van der Waals surface area contributed by atoms with Crippen molar-refractivity contribution in [3.05, 3.63) is 39.5 Å². The third-order valence-corrected chi connectivity index (χ3v) is 4.43. The van der Waals surface area contributed by atoms with E-state index in [0.717, 1.165) is 16.5 Å². The maximum absolute atomic E-state index is 12.8. The first-order chi connectivity index (χ1) is 12.6. The van der Waals surface area contributed by atoms with Gasteiger partial charge in [-0.25, -0.2) is 4.79 Å². The number of esters is 1. The first-order valence-corrected chi connectivity index (χ1v) is 9.21. The van der Waals surface area contributed by atoms with Crippen molar-refractivity contribution in [2.45, 2.75) is 33.2 Å². The number of fused-ring (bicyclic) bond motifs is 1. The lowest BCUT2D eigenvalue weighted by Crippen LogP contribution is -2.30. The average molecular weight is 422 g/mol. The van der Waals surface area contributed by atoms with Gasteiger partial charge >= 0.3 is 5.97 Å². The Hall–Kier alpha value is -2.42. The van der Waals surface area contributed by atoms with Crippen molar-refractivity contribution in [1.29, 1.82) is 0 Å². The number of allylic oxidation sites excluding steroid dienone is 1. The highest BCUT2D eigenvalue weighted by atomic mass is 79.9. The van der Waals surface area contributed by atoms with Crippen LogP contribution >= 0.6 is 15.9 Å². The number of hydrogen-bond acceptors (Lipinski definition) is 7. The topological polar surface area (TPSA) is 91.2 Å². The normalized spacial score (nSPS) is 16.1. The van der Waals surface area contributed by atoms with E-state index in [1.54, 1.807) is 4.68 Å². The highest BCUT2D eigenvalue weighted by Crippen LogP contribution is 2.40. The maximum Gasteiger partial charge on any atom is 0.338 e. The summed E-state index contributed by atoms with van der Waals surface area (Å²) in [5, 5.41) is 14.9. The molecule has 0 aliphatic carbocycles. The summed E-state index contributed by atoms with van der Waals surface area (Å²) < 4.78 is 13.6. The Morgan fingerprint density at radius 2 is 2.19 bits per heavy atom. The molecule has 0 unspecified atom stereocenters. The van der Waals surface area contributed by atoms with Gasteiger partial charge in [-0.3, -0.25) is 0 Å². The number of benzene rings is 1. The van der Waals surface area contributed by atoms with Crippen LogP contribution in [0.4, 0.5) is 5.95 Å². The van der Waals surface area contributed by atoms with E-state index in [-0.39, 0.29) is 0 Å². The predicted molar refractivity (Wildman–Crippen MR) is 98.8 cm³/mol. The molecule has 0 saturated carbocycles. The van der Waals surface area contributed by atoms with E-state index in [0.29, 0.717) is 36.2 Å². The molecule has 3 rings (SSSR count). The summed E-state index contributed by atoms with van der Waals surface area (Å²) in [6, 6.07) is 5.11. The molecule has 138 valence electrons. The highest BCUT2D eigenvalue weighted by Gasteiger charge is 2.36. The van der Waals surface area contributed by atoms with Gasteiger partial charge in [0.1, 0.15) is 11.8 Å². The molecule has 0 amide bonds. The zero-order valence-corrected chi connectivity index (χ0v) is 16.4. The molecule has 26 heavy (non-hydrogen) atoms. The van der Waals surface area contributed by atoms with Crippen molar-refractivity contribution in [3.8, 4) is 5.75 Å². The number of nitrogens with zero attached hydrogens (tertiary/aromatic N) is 4. The molecule has 0 spiro atoms. The second-order valence-corrected chi connectivity index (χ2v) is 6.68. The lowest BCUT2D eigenvalue weighted by molar-refractivity contribution is -0.139. The van der Waals surface area contributed by atoms with Crippen LogP contribution in [-0.4, -0.2) is 39.4 Å². The van der Waals surface area contributed by atoms with Gasteiger partial charge in [-0.15, -0.1) is 0 Å². The van der Waals surface area contributed by atoms with Gasteiger partial charge in [0.25, 0.3) is 0 Å². The molecule has 1 aliphatic rings. The van der Waals surface area contributed by atoms with Crippen molar-refractivity contribution >= 4 is 27.8 Å². The van der Waals surface area contributed by atoms with Gasteiger partial charge in [0.05, 0.1) is 18.8 Å². The first kappa shape index (κ1) is 18.4. The molecule has 1 aliphatic heterocycles. The second kappa shape index (κ2) is 7.86. The minimum atomic E-state index is -0.551. The predicted octanol–water partition coefficient (Wildman–Crippen LogP) is 3.08. The number of aromatic nitrogens is 4. The third-order valence-electron chi connectivity index (χ3n) is 3.94. The van der Waals surface area contributed by atoms with Gasteiger partial charge < -0.3 is 14.8 Å². The molecular weight excluding hydrogens is 402 g/mol. The SMILES string of the molecule is CCCOC(=O)C1=C(C)Nc2nnnn2[C@H]1c1cc(Br)ccc1OCC. The van der Waals surface area contributed by atoms with E-state index in [4.69, 9.17) is 9.47 Å². The van der Waals surface area contributed by atoms with E-state index in [2.05, 4.69) is 36.8 Å². The zero-order valence-electron chi connectivity index (χ0n) is 14.8. The third kappa shape index (κ3) is 3.44. The molecule has 0 saturated heterocycles. The van der Waals surface area contributed by atoms with Gasteiger partial charge in [0.2, 0.25) is 5.95 Å². The molecule has 1 aromatic carbocycles. The van der Waals surface area contributed by atoms with Crippen LogP contribution in [0.25, 0.3) is 0 Å². The number of rotatable bonds is 6. The Bertz CT molecular complexity index is 849. The van der Waals surface area contributed by atoms with Crippen LogP contribution < -0.4 is 10.1 Å². The number of carbonyl (C=O) groups excluding carboxylic acids is 1. The van der Waals surface area contributed by atoms with Gasteiger partial charge in [-0.1, -0.05) is 28.0 Å². The molecule has 2 heterocycles. The summed E-state index contributed by atoms with van der Waals surface area (Å²) in [5.41, 5.74) is 1.89. The van der Waals surface area contributed by atoms with Crippen LogP contribution in [0.1, 0.15) is 38.8 Å². The maximum atomic E-state index is 12.8. The Labute approximate surface area is 159 Å². The lowest BCUT2D eigenvalue weighted by Gasteiger charge is -2.28. The molecule has 8 nitrogen and oxygen atoms in total. The number of ether oxygens (including phenoxy) is 2. The largest absolute Gasteiger partial charge is 0.494 e. The number of tetrazole rings is 1. The van der Waals surface area contributed by atoms with Crippen LogP contribution in [0, 0.1) is 0 Å². The fourth-order valence-electron chi connectivity index (χ4n) is 2.86. The summed E-state index contributed by atoms with van der Waals surface area (Å²) in [6.07, 6.45) is 0.743. The minimum Gasteiger partial charge on any atom is -0.494 e. The highest BCUT2D eigenvalue weighted by molar-refractivity contribution is 9.10. The van der Waals surface area contributed by atoms with Crippen LogP contribution in [0.15, 0.2) is 33.9 Å². The van der Waals surface area contributed by atoms with Crippen molar-refractivity contribution in [2.24, 2.45) is 0 Å². The molecule has 0 radical (unpaired) electrons. The summed E-state index contributed by atoms with van der Waals surface area (Å²) >= 11 is 3.49. The smallest absolute Gasteiger partial charge is 0.338 e. The average Bonchev–Trinajstić information content (AvgIpc) is 3.08. The molecular formula is C17H20BrN5O3. The van der Waals surface area contributed by atoms with Crippen molar-refractivity contribution in [1.82, 2.24) is 20.2 Å². The monoisotopic (exact) mass is 421 g/mol. The first-order valence-electron chi connectivity index (χ1n) is 8.41. The van der Waals surface area contributed by atoms with Gasteiger partial charge in [-0.2, -0.15) is 4.68 Å². The quantitative estimate of drug-likeness (QED) is 0.716. The summed E-state index contributed by atoms with van der Waals surface area (Å²) in [6.45, 7) is 6.52. The van der Waals surface area contributed by atoms with E-state index in [1.165, 1.54) is 0 Å². The number of nitrogens with one attached hydrogen (secondary N) is 1.